The standard InChI is InChI=1S/C12H26N4O2/c1-9(2)10(11(13)14-18)12(17)16(5)8-6-7-15(3)4/h9-10,18H,6-8H2,1-5H3,(H2,13,14). The Hall–Kier alpha value is -1.30. The van der Waals surface area contributed by atoms with E-state index in [9.17, 15) is 4.79 Å². The Morgan fingerprint density at radius 3 is 2.22 bits per heavy atom. The maximum atomic E-state index is 12.2. The lowest BCUT2D eigenvalue weighted by atomic mass is 9.93. The second-order valence-electron chi connectivity index (χ2n) is 5.16. The zero-order chi connectivity index (χ0) is 14.3. The molecule has 18 heavy (non-hydrogen) atoms. The molecule has 1 amide bonds. The lowest BCUT2D eigenvalue weighted by Gasteiger charge is -2.25. The number of carbonyl (C=O) groups is 1. The number of rotatable bonds is 7. The number of hydrogen-bond donors (Lipinski definition) is 2. The second kappa shape index (κ2) is 7.92. The summed E-state index contributed by atoms with van der Waals surface area (Å²) in [4.78, 5) is 15.9. The van der Waals surface area contributed by atoms with Gasteiger partial charge in [0.05, 0.1) is 0 Å². The zero-order valence-corrected chi connectivity index (χ0v) is 12.1. The highest BCUT2D eigenvalue weighted by atomic mass is 16.4. The molecule has 0 aliphatic carbocycles. The Balaban J connectivity index is 4.49. The van der Waals surface area contributed by atoms with E-state index in [-0.39, 0.29) is 17.7 Å². The molecule has 0 fully saturated rings. The van der Waals surface area contributed by atoms with E-state index >= 15 is 0 Å². The Bertz CT molecular complexity index is 290. The Labute approximate surface area is 109 Å². The maximum Gasteiger partial charge on any atom is 0.233 e. The first-order chi connectivity index (χ1) is 8.31. The van der Waals surface area contributed by atoms with Crippen LogP contribution in [0.25, 0.3) is 0 Å². The number of amidine groups is 1. The first-order valence-corrected chi connectivity index (χ1v) is 6.18. The van der Waals surface area contributed by atoms with Gasteiger partial charge in [0.2, 0.25) is 5.91 Å². The van der Waals surface area contributed by atoms with Crippen LogP contribution in [-0.4, -0.2) is 61.0 Å². The second-order valence-corrected chi connectivity index (χ2v) is 5.16. The average molecular weight is 258 g/mol. The van der Waals surface area contributed by atoms with Crippen molar-refractivity contribution in [2.45, 2.75) is 20.3 Å². The molecule has 0 heterocycles. The van der Waals surface area contributed by atoms with Crippen molar-refractivity contribution in [1.29, 1.82) is 0 Å². The zero-order valence-electron chi connectivity index (χ0n) is 12.1. The summed E-state index contributed by atoms with van der Waals surface area (Å²) in [5, 5.41) is 11.7. The molecule has 6 heteroatoms. The molecule has 106 valence electrons. The average Bonchev–Trinajstić information content (AvgIpc) is 2.27. The van der Waals surface area contributed by atoms with Gasteiger partial charge in [0.1, 0.15) is 5.92 Å². The van der Waals surface area contributed by atoms with Crippen LogP contribution in [0.1, 0.15) is 20.3 Å². The van der Waals surface area contributed by atoms with Crippen LogP contribution in [0.15, 0.2) is 5.16 Å². The van der Waals surface area contributed by atoms with Crippen molar-refractivity contribution in [1.82, 2.24) is 9.80 Å². The molecular formula is C12H26N4O2. The third kappa shape index (κ3) is 5.35. The van der Waals surface area contributed by atoms with Crippen LogP contribution in [-0.2, 0) is 4.79 Å². The molecular weight excluding hydrogens is 232 g/mol. The number of nitrogens with two attached hydrogens (primary N) is 1. The summed E-state index contributed by atoms with van der Waals surface area (Å²) in [6.45, 7) is 5.36. The lowest BCUT2D eigenvalue weighted by Crippen LogP contribution is -2.43. The van der Waals surface area contributed by atoms with E-state index < -0.39 is 5.92 Å². The van der Waals surface area contributed by atoms with Crippen molar-refractivity contribution in [2.24, 2.45) is 22.7 Å². The molecule has 1 unspecified atom stereocenters. The van der Waals surface area contributed by atoms with Crippen molar-refractivity contribution >= 4 is 11.7 Å². The molecule has 0 aromatic rings. The molecule has 0 radical (unpaired) electrons. The third-order valence-corrected chi connectivity index (χ3v) is 2.84. The molecule has 0 aromatic heterocycles. The Morgan fingerprint density at radius 2 is 1.83 bits per heavy atom. The number of carbonyl (C=O) groups excluding carboxylic acids is 1. The van der Waals surface area contributed by atoms with E-state index in [1.165, 1.54) is 0 Å². The highest BCUT2D eigenvalue weighted by Gasteiger charge is 2.29. The van der Waals surface area contributed by atoms with E-state index in [0.29, 0.717) is 6.54 Å². The topological polar surface area (TPSA) is 82.2 Å². The van der Waals surface area contributed by atoms with Crippen molar-refractivity contribution < 1.29 is 10.0 Å². The van der Waals surface area contributed by atoms with Crippen molar-refractivity contribution in [2.75, 3.05) is 34.2 Å². The fraction of sp³-hybridized carbons (Fsp3) is 0.833. The molecule has 6 nitrogen and oxygen atoms in total. The van der Waals surface area contributed by atoms with Gasteiger partial charge in [-0.05, 0) is 33.0 Å². The van der Waals surface area contributed by atoms with Crippen LogP contribution in [0, 0.1) is 11.8 Å². The van der Waals surface area contributed by atoms with Crippen molar-refractivity contribution in [3.63, 3.8) is 0 Å². The van der Waals surface area contributed by atoms with Gasteiger partial charge in [-0.2, -0.15) is 0 Å². The SMILES string of the molecule is CC(C)C(C(=O)N(C)CCCN(C)C)C(N)=NO. The van der Waals surface area contributed by atoms with Crippen LogP contribution < -0.4 is 5.73 Å². The summed E-state index contributed by atoms with van der Waals surface area (Å²) < 4.78 is 0. The fourth-order valence-electron chi connectivity index (χ4n) is 1.79. The smallest absolute Gasteiger partial charge is 0.233 e. The summed E-state index contributed by atoms with van der Waals surface area (Å²) in [5.74, 6) is -0.669. The van der Waals surface area contributed by atoms with Gasteiger partial charge >= 0.3 is 0 Å². The van der Waals surface area contributed by atoms with Gasteiger partial charge < -0.3 is 20.7 Å². The predicted octanol–water partition coefficient (Wildman–Crippen LogP) is 0.415. The summed E-state index contributed by atoms with van der Waals surface area (Å²) in [5.41, 5.74) is 5.58. The van der Waals surface area contributed by atoms with E-state index in [1.807, 2.05) is 27.9 Å². The Kier molecular flexibility index (Phi) is 7.35. The van der Waals surface area contributed by atoms with Crippen LogP contribution in [0.4, 0.5) is 0 Å². The van der Waals surface area contributed by atoms with Crippen molar-refractivity contribution in [3.05, 3.63) is 0 Å². The fourth-order valence-corrected chi connectivity index (χ4v) is 1.79. The molecule has 0 aromatic carbocycles. The minimum Gasteiger partial charge on any atom is -0.409 e. The molecule has 0 saturated heterocycles. The first-order valence-electron chi connectivity index (χ1n) is 6.18. The molecule has 0 aliphatic rings. The van der Waals surface area contributed by atoms with Crippen LogP contribution in [0.3, 0.4) is 0 Å². The van der Waals surface area contributed by atoms with Gasteiger partial charge in [-0.1, -0.05) is 19.0 Å². The molecule has 0 saturated carbocycles. The van der Waals surface area contributed by atoms with Crippen molar-refractivity contribution in [3.8, 4) is 0 Å². The minimum absolute atomic E-state index is 0.00435. The highest BCUT2D eigenvalue weighted by Crippen LogP contribution is 2.14. The first kappa shape index (κ1) is 16.7. The number of hydrogen-bond acceptors (Lipinski definition) is 4. The molecule has 3 N–H and O–H groups in total. The Morgan fingerprint density at radius 1 is 1.28 bits per heavy atom. The largest absolute Gasteiger partial charge is 0.409 e. The number of oxime groups is 1. The van der Waals surface area contributed by atoms with Gasteiger partial charge in [0.25, 0.3) is 0 Å². The quantitative estimate of drug-likeness (QED) is 0.300. The summed E-state index contributed by atoms with van der Waals surface area (Å²) >= 11 is 0. The van der Waals surface area contributed by atoms with Crippen LogP contribution in [0.5, 0.6) is 0 Å². The van der Waals surface area contributed by atoms with Gasteiger partial charge in [-0.15, -0.1) is 0 Å². The monoisotopic (exact) mass is 258 g/mol. The molecule has 1 atom stereocenters. The summed E-state index contributed by atoms with van der Waals surface area (Å²) in [6, 6.07) is 0. The van der Waals surface area contributed by atoms with E-state index in [2.05, 4.69) is 10.1 Å². The normalized spacial score (nSPS) is 14.1. The van der Waals surface area contributed by atoms with Gasteiger partial charge in [-0.3, -0.25) is 4.79 Å². The summed E-state index contributed by atoms with van der Waals surface area (Å²) in [6.07, 6.45) is 0.899. The predicted molar refractivity (Wildman–Crippen MR) is 72.5 cm³/mol. The number of nitrogens with zero attached hydrogens (tertiary/aromatic N) is 3. The van der Waals surface area contributed by atoms with Crippen LogP contribution >= 0.6 is 0 Å². The lowest BCUT2D eigenvalue weighted by molar-refractivity contribution is -0.133. The van der Waals surface area contributed by atoms with E-state index in [1.54, 1.807) is 11.9 Å². The van der Waals surface area contributed by atoms with Gasteiger partial charge in [0.15, 0.2) is 5.84 Å². The van der Waals surface area contributed by atoms with Gasteiger partial charge in [-0.25, -0.2) is 0 Å². The highest BCUT2D eigenvalue weighted by molar-refractivity contribution is 6.02. The summed E-state index contributed by atoms with van der Waals surface area (Å²) in [7, 11) is 5.74. The van der Waals surface area contributed by atoms with E-state index in [4.69, 9.17) is 10.9 Å². The van der Waals surface area contributed by atoms with E-state index in [0.717, 1.165) is 13.0 Å². The maximum absolute atomic E-state index is 12.2. The molecule has 0 aliphatic heterocycles. The van der Waals surface area contributed by atoms with Gasteiger partial charge in [0, 0.05) is 13.6 Å². The number of amides is 1. The minimum atomic E-state index is -0.556. The third-order valence-electron chi connectivity index (χ3n) is 2.84. The molecule has 0 rings (SSSR count). The molecule has 0 spiro atoms. The molecule has 0 bridgehead atoms. The van der Waals surface area contributed by atoms with Crippen LogP contribution in [0.2, 0.25) is 0 Å².